The van der Waals surface area contributed by atoms with E-state index >= 15 is 0 Å². The fraction of sp³-hybridized carbons (Fsp3) is 0.263. The van der Waals surface area contributed by atoms with Gasteiger partial charge in [0.05, 0.1) is 11.3 Å². The summed E-state index contributed by atoms with van der Waals surface area (Å²) < 4.78 is 0.414. The number of nitrogens with one attached hydrogen (secondary N) is 1. The van der Waals surface area contributed by atoms with Crippen molar-refractivity contribution in [3.05, 3.63) is 52.4 Å². The van der Waals surface area contributed by atoms with Crippen LogP contribution in [0.15, 0.2) is 46.9 Å². The van der Waals surface area contributed by atoms with Gasteiger partial charge in [0, 0.05) is 19.5 Å². The number of benzene rings is 1. The normalized spacial score (nSPS) is 16.1. The van der Waals surface area contributed by atoms with Crippen LogP contribution < -0.4 is 5.32 Å². The summed E-state index contributed by atoms with van der Waals surface area (Å²) in [6.07, 6.45) is 3.70. The van der Waals surface area contributed by atoms with Gasteiger partial charge in [-0.05, 0) is 24.1 Å². The van der Waals surface area contributed by atoms with Gasteiger partial charge < -0.3 is 10.4 Å². The predicted octanol–water partition coefficient (Wildman–Crippen LogP) is 2.82. The lowest BCUT2D eigenvalue weighted by Crippen LogP contribution is -2.34. The summed E-state index contributed by atoms with van der Waals surface area (Å²) in [4.78, 5) is 36.6. The number of nitrogens with zero attached hydrogens (tertiary/aromatic N) is 1. The van der Waals surface area contributed by atoms with Crippen LogP contribution in [0.1, 0.15) is 25.3 Å². The molecule has 142 valence electrons. The number of thioether (sulfide) groups is 1. The summed E-state index contributed by atoms with van der Waals surface area (Å²) in [5, 5.41) is 11.1. The Morgan fingerprint density at radius 1 is 1.26 bits per heavy atom. The average Bonchev–Trinajstić information content (AvgIpc) is 2.87. The number of thiocarbonyl (C=S) groups is 1. The molecule has 0 bridgehead atoms. The fourth-order valence-corrected chi connectivity index (χ4v) is 3.72. The van der Waals surface area contributed by atoms with Crippen molar-refractivity contribution >= 4 is 52.2 Å². The van der Waals surface area contributed by atoms with E-state index in [0.29, 0.717) is 9.23 Å². The van der Waals surface area contributed by atoms with E-state index in [1.807, 2.05) is 43.3 Å². The molecule has 0 unspecified atom stereocenters. The fourth-order valence-electron chi connectivity index (χ4n) is 2.36. The van der Waals surface area contributed by atoms with Crippen molar-refractivity contribution in [1.82, 2.24) is 10.2 Å². The van der Waals surface area contributed by atoms with Crippen molar-refractivity contribution in [3.63, 3.8) is 0 Å². The molecule has 1 aromatic rings. The monoisotopic (exact) mass is 404 g/mol. The smallest absolute Gasteiger partial charge is 0.305 e. The summed E-state index contributed by atoms with van der Waals surface area (Å²) in [7, 11) is 0. The highest BCUT2D eigenvalue weighted by Crippen LogP contribution is 2.32. The number of hydrogen-bond acceptors (Lipinski definition) is 5. The Morgan fingerprint density at radius 3 is 2.63 bits per heavy atom. The summed E-state index contributed by atoms with van der Waals surface area (Å²) in [5.74, 6) is -1.50. The number of carbonyl (C=O) groups is 3. The number of hydrogen-bond donors (Lipinski definition) is 2. The molecule has 0 saturated carbocycles. The summed E-state index contributed by atoms with van der Waals surface area (Å²) >= 11 is 6.46. The molecule has 0 radical (unpaired) electrons. The molecule has 1 aliphatic rings. The lowest BCUT2D eigenvalue weighted by Gasteiger charge is -2.13. The third-order valence-electron chi connectivity index (χ3n) is 3.65. The molecule has 0 aliphatic carbocycles. The molecule has 0 atom stereocenters. The van der Waals surface area contributed by atoms with Crippen LogP contribution in [-0.4, -0.2) is 45.2 Å². The highest BCUT2D eigenvalue weighted by Gasteiger charge is 2.31. The van der Waals surface area contributed by atoms with Crippen LogP contribution in [0.4, 0.5) is 0 Å². The lowest BCUT2D eigenvalue weighted by molar-refractivity contribution is -0.136. The van der Waals surface area contributed by atoms with E-state index in [4.69, 9.17) is 17.3 Å². The van der Waals surface area contributed by atoms with E-state index in [9.17, 15) is 14.4 Å². The molecule has 6 nitrogen and oxygen atoms in total. The second-order valence-electron chi connectivity index (χ2n) is 5.88. The number of amides is 2. The first-order valence-electron chi connectivity index (χ1n) is 8.34. The quantitative estimate of drug-likeness (QED) is 0.512. The van der Waals surface area contributed by atoms with Gasteiger partial charge in [0.1, 0.15) is 4.32 Å². The summed E-state index contributed by atoms with van der Waals surface area (Å²) in [6.45, 7) is 2.15. The first kappa shape index (κ1) is 20.9. The molecule has 1 fully saturated rings. The van der Waals surface area contributed by atoms with Crippen molar-refractivity contribution in [2.75, 3.05) is 13.1 Å². The van der Waals surface area contributed by atoms with Crippen molar-refractivity contribution in [2.24, 2.45) is 0 Å². The molecular formula is C19H20N2O4S2. The van der Waals surface area contributed by atoms with Crippen LogP contribution in [-0.2, 0) is 14.4 Å². The third kappa shape index (κ3) is 6.65. The second kappa shape index (κ2) is 10.0. The van der Waals surface area contributed by atoms with Crippen LogP contribution >= 0.6 is 24.0 Å². The summed E-state index contributed by atoms with van der Waals surface area (Å²) in [6, 6.07) is 9.78. The zero-order valence-corrected chi connectivity index (χ0v) is 16.4. The number of carbonyl (C=O) groups excluding carboxylic acids is 2. The molecule has 2 amide bonds. The Hall–Kier alpha value is -2.45. The molecule has 0 aromatic heterocycles. The topological polar surface area (TPSA) is 86.7 Å². The molecule has 1 saturated heterocycles. The Morgan fingerprint density at radius 2 is 1.96 bits per heavy atom. The molecular weight excluding hydrogens is 384 g/mol. The third-order valence-corrected chi connectivity index (χ3v) is 5.03. The van der Waals surface area contributed by atoms with Crippen molar-refractivity contribution in [2.45, 2.75) is 19.8 Å². The van der Waals surface area contributed by atoms with Crippen LogP contribution in [0.25, 0.3) is 6.08 Å². The van der Waals surface area contributed by atoms with Gasteiger partial charge in [-0.15, -0.1) is 0 Å². The average molecular weight is 405 g/mol. The van der Waals surface area contributed by atoms with Crippen LogP contribution in [0, 0.1) is 0 Å². The van der Waals surface area contributed by atoms with Gasteiger partial charge in [-0.2, -0.15) is 0 Å². The molecule has 2 rings (SSSR count). The Labute approximate surface area is 167 Å². The number of aliphatic carboxylic acids is 1. The van der Waals surface area contributed by atoms with Gasteiger partial charge in [0.25, 0.3) is 5.91 Å². The number of allylic oxidation sites excluding steroid dienone is 2. The van der Waals surface area contributed by atoms with Crippen LogP contribution in [0.5, 0.6) is 0 Å². The number of rotatable bonds is 8. The SMILES string of the molecule is CC(=C/c1ccccc1)/C=C1/SC(=S)N(CCC(=O)NCCC(=O)O)C1=O. The highest BCUT2D eigenvalue weighted by atomic mass is 32.2. The summed E-state index contributed by atoms with van der Waals surface area (Å²) in [5.41, 5.74) is 1.97. The van der Waals surface area contributed by atoms with Gasteiger partial charge in [0.15, 0.2) is 0 Å². The van der Waals surface area contributed by atoms with E-state index in [1.165, 1.54) is 16.7 Å². The largest absolute Gasteiger partial charge is 0.481 e. The molecule has 1 aromatic carbocycles. The molecule has 1 aliphatic heterocycles. The maximum Gasteiger partial charge on any atom is 0.305 e. The first-order valence-corrected chi connectivity index (χ1v) is 9.56. The van der Waals surface area contributed by atoms with Gasteiger partial charge in [-0.25, -0.2) is 0 Å². The maximum absolute atomic E-state index is 12.5. The molecule has 27 heavy (non-hydrogen) atoms. The minimum atomic E-state index is -0.976. The van der Waals surface area contributed by atoms with Crippen molar-refractivity contribution < 1.29 is 19.5 Å². The lowest BCUT2D eigenvalue weighted by atomic mass is 10.1. The van der Waals surface area contributed by atoms with Gasteiger partial charge in [-0.1, -0.05) is 60.4 Å². The minimum Gasteiger partial charge on any atom is -0.481 e. The molecule has 1 heterocycles. The minimum absolute atomic E-state index is 0.0654. The Kier molecular flexibility index (Phi) is 7.75. The van der Waals surface area contributed by atoms with E-state index < -0.39 is 5.97 Å². The first-order chi connectivity index (χ1) is 12.9. The van der Waals surface area contributed by atoms with Gasteiger partial charge in [-0.3, -0.25) is 19.3 Å². The van der Waals surface area contributed by atoms with Crippen molar-refractivity contribution in [3.8, 4) is 0 Å². The molecule has 0 spiro atoms. The molecule has 8 heteroatoms. The van der Waals surface area contributed by atoms with Gasteiger partial charge >= 0.3 is 5.97 Å². The van der Waals surface area contributed by atoms with E-state index in [0.717, 1.165) is 11.1 Å². The van der Waals surface area contributed by atoms with E-state index in [-0.39, 0.29) is 37.7 Å². The number of carboxylic acid groups (broad SMARTS) is 1. The zero-order chi connectivity index (χ0) is 19.8. The second-order valence-corrected chi connectivity index (χ2v) is 7.55. The molecule has 2 N–H and O–H groups in total. The van der Waals surface area contributed by atoms with E-state index in [1.54, 1.807) is 6.08 Å². The van der Waals surface area contributed by atoms with Crippen LogP contribution in [0.2, 0.25) is 0 Å². The Bertz CT molecular complexity index is 803. The van der Waals surface area contributed by atoms with E-state index in [2.05, 4.69) is 5.32 Å². The maximum atomic E-state index is 12.5. The zero-order valence-electron chi connectivity index (χ0n) is 14.8. The van der Waals surface area contributed by atoms with Crippen molar-refractivity contribution in [1.29, 1.82) is 0 Å². The Balaban J connectivity index is 1.93. The van der Waals surface area contributed by atoms with Crippen LogP contribution in [0.3, 0.4) is 0 Å². The predicted molar refractivity (Wildman–Crippen MR) is 110 cm³/mol. The standard InChI is InChI=1S/C19H20N2O4S2/c1-13(11-14-5-3-2-4-6-14)12-15-18(25)21(19(26)27-15)10-8-16(22)20-9-7-17(23)24/h2-6,11-12H,7-10H2,1H3,(H,20,22)(H,23,24)/b13-11-,15-12+. The van der Waals surface area contributed by atoms with Gasteiger partial charge in [0.2, 0.25) is 5.91 Å². The number of carboxylic acids is 1. The highest BCUT2D eigenvalue weighted by molar-refractivity contribution is 8.26.